The van der Waals surface area contributed by atoms with Crippen LogP contribution in [0.4, 0.5) is 4.79 Å². The molecule has 1 saturated carbocycles. The van der Waals surface area contributed by atoms with Gasteiger partial charge >= 0.3 is 18.0 Å². The van der Waals surface area contributed by atoms with Gasteiger partial charge in [0, 0.05) is 13.0 Å². The third kappa shape index (κ3) is 11.8. The predicted molar refractivity (Wildman–Crippen MR) is 110 cm³/mol. The minimum absolute atomic E-state index is 0.0345. The van der Waals surface area contributed by atoms with Gasteiger partial charge in [0.25, 0.3) is 0 Å². The van der Waals surface area contributed by atoms with E-state index < -0.39 is 29.7 Å². The Kier molecular flexibility index (Phi) is 16.4. The van der Waals surface area contributed by atoms with Crippen LogP contribution in [0.3, 0.4) is 0 Å². The molecule has 0 bridgehead atoms. The normalized spacial score (nSPS) is 15.7. The Hall–Kier alpha value is -1.79. The fourth-order valence-electron chi connectivity index (χ4n) is 2.92. The number of alkyl carbamates (subject to hydrolysis) is 1. The second-order valence-corrected chi connectivity index (χ2v) is 6.82. The Labute approximate surface area is 170 Å². The van der Waals surface area contributed by atoms with Crippen molar-refractivity contribution in [2.24, 2.45) is 11.3 Å². The first kappa shape index (κ1) is 28.4. The van der Waals surface area contributed by atoms with Crippen LogP contribution in [-0.4, -0.2) is 36.0 Å². The van der Waals surface area contributed by atoms with Gasteiger partial charge in [0.05, 0.1) is 12.3 Å². The Morgan fingerprint density at radius 2 is 1.54 bits per heavy atom. The molecule has 1 aliphatic rings. The van der Waals surface area contributed by atoms with E-state index in [1.54, 1.807) is 20.8 Å². The van der Waals surface area contributed by atoms with Crippen LogP contribution >= 0.6 is 0 Å². The van der Waals surface area contributed by atoms with Crippen LogP contribution in [0, 0.1) is 11.3 Å². The number of hydrogen-bond acceptors (Lipinski definition) is 5. The number of carboxylic acids is 1. The lowest BCUT2D eigenvalue weighted by Gasteiger charge is -2.36. The third-order valence-electron chi connectivity index (χ3n) is 4.34. The summed E-state index contributed by atoms with van der Waals surface area (Å²) >= 11 is 0. The number of rotatable bonds is 8. The minimum Gasteiger partial charge on any atom is -0.481 e. The number of esters is 1. The molecule has 7 nitrogen and oxygen atoms in total. The first-order valence-electron chi connectivity index (χ1n) is 10.6. The summed E-state index contributed by atoms with van der Waals surface area (Å²) in [5.41, 5.74) is -0.417. The molecule has 1 amide bonds. The number of ether oxygens (including phenoxy) is 2. The van der Waals surface area contributed by atoms with Gasteiger partial charge in [-0.1, -0.05) is 67.7 Å². The molecule has 0 aliphatic heterocycles. The molecule has 1 rings (SSSR count). The van der Waals surface area contributed by atoms with Crippen molar-refractivity contribution in [3.8, 4) is 0 Å². The first-order valence-corrected chi connectivity index (χ1v) is 10.6. The average Bonchev–Trinajstić information content (AvgIpc) is 2.69. The molecule has 0 radical (unpaired) electrons. The highest BCUT2D eigenvalue weighted by Crippen LogP contribution is 2.38. The van der Waals surface area contributed by atoms with Gasteiger partial charge in [0.1, 0.15) is 0 Å². The van der Waals surface area contributed by atoms with E-state index in [0.29, 0.717) is 6.42 Å². The zero-order valence-corrected chi connectivity index (χ0v) is 18.8. The summed E-state index contributed by atoms with van der Waals surface area (Å²) in [6, 6.07) is 0. The largest absolute Gasteiger partial charge is 0.481 e. The molecule has 0 aromatic rings. The fourth-order valence-corrected chi connectivity index (χ4v) is 2.92. The van der Waals surface area contributed by atoms with Crippen molar-refractivity contribution in [3.05, 3.63) is 0 Å². The summed E-state index contributed by atoms with van der Waals surface area (Å²) in [5, 5.41) is 11.8. The highest BCUT2D eigenvalue weighted by molar-refractivity contribution is 5.72. The summed E-state index contributed by atoms with van der Waals surface area (Å²) in [6.45, 7) is 13.4. The van der Waals surface area contributed by atoms with Gasteiger partial charge < -0.3 is 19.9 Å². The Bertz CT molecular complexity index is 444. The fraction of sp³-hybridized carbons (Fsp3) is 0.857. The van der Waals surface area contributed by atoms with Gasteiger partial charge in [-0.15, -0.1) is 0 Å². The molecule has 1 unspecified atom stereocenters. The van der Waals surface area contributed by atoms with Crippen molar-refractivity contribution < 1.29 is 29.0 Å². The maximum atomic E-state index is 12.0. The van der Waals surface area contributed by atoms with Crippen LogP contribution in [-0.2, 0) is 19.1 Å². The first-order chi connectivity index (χ1) is 13.3. The molecular weight excluding hydrogens is 362 g/mol. The zero-order chi connectivity index (χ0) is 22.2. The van der Waals surface area contributed by atoms with E-state index in [1.807, 2.05) is 27.7 Å². The molecule has 0 aromatic heterocycles. The van der Waals surface area contributed by atoms with Crippen LogP contribution in [0.25, 0.3) is 0 Å². The number of carbonyl (C=O) groups is 3. The number of amides is 1. The molecule has 28 heavy (non-hydrogen) atoms. The number of carbonyl (C=O) groups excluding carboxylic acids is 2. The van der Waals surface area contributed by atoms with Gasteiger partial charge in [-0.25, -0.2) is 4.79 Å². The smallest absolute Gasteiger partial charge is 0.410 e. The second-order valence-electron chi connectivity index (χ2n) is 6.82. The van der Waals surface area contributed by atoms with E-state index in [0.717, 1.165) is 32.1 Å². The molecular formula is C21H41NO6. The molecule has 0 aromatic carbocycles. The number of nitrogens with one attached hydrogen (secondary N) is 1. The lowest BCUT2D eigenvalue weighted by molar-refractivity contribution is -0.172. The van der Waals surface area contributed by atoms with Crippen LogP contribution in [0.15, 0.2) is 0 Å². The van der Waals surface area contributed by atoms with Crippen molar-refractivity contribution in [1.29, 1.82) is 0 Å². The monoisotopic (exact) mass is 403 g/mol. The molecule has 7 heteroatoms. The van der Waals surface area contributed by atoms with Crippen LogP contribution in [0.2, 0.25) is 0 Å². The number of aliphatic carboxylic acids is 1. The van der Waals surface area contributed by atoms with E-state index in [1.165, 1.54) is 0 Å². The third-order valence-corrected chi connectivity index (χ3v) is 4.34. The standard InChI is InChI=1S/C17H29NO6.2C2H6/c1-4-14(23-15(21)12(2)3)24-16(22)18-11-17(10-13(19)20)8-6-5-7-9-17;2*1-2/h12,14H,4-11H2,1-3H3,(H,18,22)(H,19,20);2*1-2H3. The lowest BCUT2D eigenvalue weighted by atomic mass is 9.72. The predicted octanol–water partition coefficient (Wildman–Crippen LogP) is 5.13. The van der Waals surface area contributed by atoms with Crippen molar-refractivity contribution in [2.75, 3.05) is 6.54 Å². The minimum atomic E-state index is -0.929. The van der Waals surface area contributed by atoms with Gasteiger partial charge in [0.15, 0.2) is 0 Å². The van der Waals surface area contributed by atoms with Gasteiger partial charge in [-0.05, 0) is 18.3 Å². The Morgan fingerprint density at radius 3 is 1.96 bits per heavy atom. The van der Waals surface area contributed by atoms with Crippen LogP contribution < -0.4 is 5.32 Å². The Balaban J connectivity index is 0. The van der Waals surface area contributed by atoms with Gasteiger partial charge in [-0.2, -0.15) is 0 Å². The molecule has 0 saturated heterocycles. The molecule has 1 fully saturated rings. The summed E-state index contributed by atoms with van der Waals surface area (Å²) in [7, 11) is 0. The maximum absolute atomic E-state index is 12.0. The molecule has 166 valence electrons. The maximum Gasteiger partial charge on any atom is 0.410 e. The molecule has 1 atom stereocenters. The summed E-state index contributed by atoms with van der Waals surface area (Å²) in [6.07, 6.45) is 3.35. The zero-order valence-electron chi connectivity index (χ0n) is 18.8. The molecule has 0 heterocycles. The second kappa shape index (κ2) is 16.2. The number of carboxylic acid groups (broad SMARTS) is 1. The molecule has 1 aliphatic carbocycles. The van der Waals surface area contributed by atoms with Crippen molar-refractivity contribution in [2.45, 2.75) is 99.7 Å². The molecule has 0 spiro atoms. The summed E-state index contributed by atoms with van der Waals surface area (Å²) in [5.74, 6) is -1.58. The quantitative estimate of drug-likeness (QED) is 0.430. The van der Waals surface area contributed by atoms with Crippen LogP contribution in [0.5, 0.6) is 0 Å². The van der Waals surface area contributed by atoms with Crippen molar-refractivity contribution in [1.82, 2.24) is 5.32 Å². The van der Waals surface area contributed by atoms with Crippen molar-refractivity contribution in [3.63, 3.8) is 0 Å². The SMILES string of the molecule is CC.CC.CCC(OC(=O)NCC1(CC(=O)O)CCCCC1)OC(=O)C(C)C. The topological polar surface area (TPSA) is 102 Å². The van der Waals surface area contributed by atoms with Gasteiger partial charge in [0.2, 0.25) is 6.29 Å². The highest BCUT2D eigenvalue weighted by atomic mass is 16.7. The van der Waals surface area contributed by atoms with Crippen LogP contribution in [0.1, 0.15) is 93.4 Å². The van der Waals surface area contributed by atoms with E-state index >= 15 is 0 Å². The molecule has 2 N–H and O–H groups in total. The van der Waals surface area contributed by atoms with E-state index in [-0.39, 0.29) is 18.9 Å². The lowest BCUT2D eigenvalue weighted by Crippen LogP contribution is -2.42. The van der Waals surface area contributed by atoms with Gasteiger partial charge in [-0.3, -0.25) is 9.59 Å². The van der Waals surface area contributed by atoms with Crippen molar-refractivity contribution >= 4 is 18.0 Å². The van der Waals surface area contributed by atoms with E-state index in [2.05, 4.69) is 5.32 Å². The highest BCUT2D eigenvalue weighted by Gasteiger charge is 2.35. The Morgan fingerprint density at radius 1 is 1.00 bits per heavy atom. The summed E-state index contributed by atoms with van der Waals surface area (Å²) in [4.78, 5) is 34.7. The average molecular weight is 404 g/mol. The summed E-state index contributed by atoms with van der Waals surface area (Å²) < 4.78 is 10.2. The van der Waals surface area contributed by atoms with E-state index in [9.17, 15) is 14.4 Å². The number of hydrogen-bond donors (Lipinski definition) is 2. The van der Waals surface area contributed by atoms with E-state index in [4.69, 9.17) is 14.6 Å².